The first kappa shape index (κ1) is 19.6. The van der Waals surface area contributed by atoms with Gasteiger partial charge in [0.1, 0.15) is 0 Å². The Balaban J connectivity index is 1.73. The number of aromatic nitrogens is 3. The molecule has 0 radical (unpaired) electrons. The summed E-state index contributed by atoms with van der Waals surface area (Å²) in [5.41, 5.74) is 1.08. The first-order chi connectivity index (χ1) is 13.5. The molecule has 28 heavy (non-hydrogen) atoms. The number of nitrogens with zero attached hydrogens (tertiary/aromatic N) is 4. The number of nitrogens with one attached hydrogen (secondary N) is 1. The third kappa shape index (κ3) is 4.07. The standard InChI is InChI=1S/C18H19N5O4S/c1-3-23(4-2)28(25,26)15-7-5-14(6-8-15)20-17(24)18-21-16(22-27-18)13-9-11-19-12-10-13/h5-12H,3-4H2,1-2H3,(H,20,24). The zero-order valence-corrected chi connectivity index (χ0v) is 16.2. The van der Waals surface area contributed by atoms with Crippen LogP contribution in [0.25, 0.3) is 11.4 Å². The van der Waals surface area contributed by atoms with E-state index in [-0.39, 0.29) is 16.6 Å². The summed E-state index contributed by atoms with van der Waals surface area (Å²) < 4.78 is 31.3. The van der Waals surface area contributed by atoms with E-state index in [2.05, 4.69) is 20.4 Å². The van der Waals surface area contributed by atoms with Crippen molar-refractivity contribution in [2.45, 2.75) is 18.7 Å². The van der Waals surface area contributed by atoms with E-state index in [1.165, 1.54) is 28.6 Å². The molecular formula is C18H19N5O4S. The average Bonchev–Trinajstić information content (AvgIpc) is 3.20. The molecule has 0 aliphatic carbocycles. The summed E-state index contributed by atoms with van der Waals surface area (Å²) in [5.74, 6) is -0.521. The topological polar surface area (TPSA) is 118 Å². The number of hydrogen-bond acceptors (Lipinski definition) is 7. The monoisotopic (exact) mass is 401 g/mol. The van der Waals surface area contributed by atoms with Gasteiger partial charge in [-0.3, -0.25) is 9.78 Å². The van der Waals surface area contributed by atoms with Gasteiger partial charge >= 0.3 is 11.8 Å². The van der Waals surface area contributed by atoms with E-state index >= 15 is 0 Å². The third-order valence-electron chi connectivity index (χ3n) is 4.01. The van der Waals surface area contributed by atoms with Gasteiger partial charge in [-0.15, -0.1) is 0 Å². The highest BCUT2D eigenvalue weighted by Gasteiger charge is 2.22. The number of sulfonamides is 1. The zero-order chi connectivity index (χ0) is 20.1. The highest BCUT2D eigenvalue weighted by atomic mass is 32.2. The molecule has 9 nitrogen and oxygen atoms in total. The first-order valence-electron chi connectivity index (χ1n) is 8.61. The average molecular weight is 401 g/mol. The number of pyridine rings is 1. The molecule has 0 spiro atoms. The van der Waals surface area contributed by atoms with Crippen LogP contribution in [0.5, 0.6) is 0 Å². The van der Waals surface area contributed by atoms with Crippen molar-refractivity contribution in [3.8, 4) is 11.4 Å². The summed E-state index contributed by atoms with van der Waals surface area (Å²) in [6.07, 6.45) is 3.17. The van der Waals surface area contributed by atoms with Crippen LogP contribution >= 0.6 is 0 Å². The van der Waals surface area contributed by atoms with Crippen molar-refractivity contribution < 1.29 is 17.7 Å². The Morgan fingerprint density at radius 3 is 2.32 bits per heavy atom. The first-order valence-corrected chi connectivity index (χ1v) is 10.1. The van der Waals surface area contributed by atoms with Crippen molar-refractivity contribution in [3.05, 3.63) is 54.7 Å². The predicted molar refractivity (Wildman–Crippen MR) is 102 cm³/mol. The maximum Gasteiger partial charge on any atom is 0.316 e. The van der Waals surface area contributed by atoms with Gasteiger partial charge in [-0.05, 0) is 36.4 Å². The molecule has 0 unspecified atom stereocenters. The minimum atomic E-state index is -3.55. The zero-order valence-electron chi connectivity index (χ0n) is 15.4. The summed E-state index contributed by atoms with van der Waals surface area (Å²) in [6.45, 7) is 4.32. The third-order valence-corrected chi connectivity index (χ3v) is 6.08. The summed E-state index contributed by atoms with van der Waals surface area (Å²) in [4.78, 5) is 20.4. The van der Waals surface area contributed by atoms with E-state index in [4.69, 9.17) is 4.52 Å². The van der Waals surface area contributed by atoms with Gasteiger partial charge in [0.2, 0.25) is 15.8 Å². The van der Waals surface area contributed by atoms with Crippen molar-refractivity contribution >= 4 is 21.6 Å². The summed E-state index contributed by atoms with van der Waals surface area (Å²) >= 11 is 0. The van der Waals surface area contributed by atoms with Crippen LogP contribution in [0.15, 0.2) is 58.2 Å². The molecule has 3 rings (SSSR count). The quantitative estimate of drug-likeness (QED) is 0.646. The molecule has 0 atom stereocenters. The summed E-state index contributed by atoms with van der Waals surface area (Å²) in [6, 6.07) is 9.30. The maximum absolute atomic E-state index is 12.5. The van der Waals surface area contributed by atoms with Crippen molar-refractivity contribution in [2.24, 2.45) is 0 Å². The second kappa shape index (κ2) is 8.28. The number of amides is 1. The fourth-order valence-corrected chi connectivity index (χ4v) is 4.00. The van der Waals surface area contributed by atoms with Gasteiger partial charge in [0.15, 0.2) is 0 Å². The van der Waals surface area contributed by atoms with E-state index in [1.807, 2.05) is 0 Å². The number of rotatable bonds is 7. The lowest BCUT2D eigenvalue weighted by molar-refractivity contribution is 0.0981. The van der Waals surface area contributed by atoms with Crippen LogP contribution in [0.2, 0.25) is 0 Å². The van der Waals surface area contributed by atoms with Crippen molar-refractivity contribution in [1.29, 1.82) is 0 Å². The van der Waals surface area contributed by atoms with Crippen LogP contribution in [0.4, 0.5) is 5.69 Å². The second-order valence-corrected chi connectivity index (χ2v) is 7.66. The molecule has 146 valence electrons. The molecule has 0 bridgehead atoms. The summed E-state index contributed by atoms with van der Waals surface area (Å²) in [7, 11) is -3.55. The van der Waals surface area contributed by atoms with Gasteiger partial charge in [-0.2, -0.15) is 9.29 Å². The lowest BCUT2D eigenvalue weighted by atomic mass is 10.2. The Labute approximate surface area is 162 Å². The van der Waals surface area contributed by atoms with Crippen LogP contribution in [0.1, 0.15) is 24.5 Å². The molecule has 10 heteroatoms. The number of hydrogen-bond donors (Lipinski definition) is 1. The van der Waals surface area contributed by atoms with Crippen LogP contribution in [-0.2, 0) is 10.0 Å². The number of anilines is 1. The van der Waals surface area contributed by atoms with Gasteiger partial charge in [-0.25, -0.2) is 8.42 Å². The number of carbonyl (C=O) groups excluding carboxylic acids is 1. The smallest absolute Gasteiger partial charge is 0.316 e. The lowest BCUT2D eigenvalue weighted by Gasteiger charge is -2.18. The van der Waals surface area contributed by atoms with E-state index < -0.39 is 15.9 Å². The van der Waals surface area contributed by atoms with Gasteiger partial charge in [0, 0.05) is 36.7 Å². The summed E-state index contributed by atoms with van der Waals surface area (Å²) in [5, 5.41) is 6.38. The second-order valence-electron chi connectivity index (χ2n) is 5.73. The fourth-order valence-electron chi connectivity index (χ4n) is 2.54. The van der Waals surface area contributed by atoms with Crippen molar-refractivity contribution in [1.82, 2.24) is 19.4 Å². The predicted octanol–water partition coefficient (Wildman–Crippen LogP) is 2.41. The largest absolute Gasteiger partial charge is 0.328 e. The Kier molecular flexibility index (Phi) is 5.81. The Morgan fingerprint density at radius 2 is 1.71 bits per heavy atom. The molecule has 0 aliphatic heterocycles. The Hall–Kier alpha value is -3.11. The van der Waals surface area contributed by atoms with Gasteiger partial charge < -0.3 is 9.84 Å². The van der Waals surface area contributed by atoms with E-state index in [0.29, 0.717) is 24.3 Å². The lowest BCUT2D eigenvalue weighted by Crippen LogP contribution is -2.30. The van der Waals surface area contributed by atoms with Gasteiger partial charge in [0.25, 0.3) is 0 Å². The molecule has 0 fully saturated rings. The van der Waals surface area contributed by atoms with E-state index in [1.54, 1.807) is 38.4 Å². The Bertz CT molecular complexity index is 1050. The van der Waals surface area contributed by atoms with Crippen LogP contribution in [-0.4, -0.2) is 46.8 Å². The number of carbonyl (C=O) groups is 1. The molecule has 3 aromatic rings. The molecule has 2 aromatic heterocycles. The molecule has 0 aliphatic rings. The molecule has 1 aromatic carbocycles. The van der Waals surface area contributed by atoms with Crippen LogP contribution in [0, 0.1) is 0 Å². The normalized spacial score (nSPS) is 11.5. The maximum atomic E-state index is 12.5. The number of benzene rings is 1. The van der Waals surface area contributed by atoms with Crippen molar-refractivity contribution in [2.75, 3.05) is 18.4 Å². The van der Waals surface area contributed by atoms with Crippen LogP contribution in [0.3, 0.4) is 0 Å². The molecule has 0 saturated heterocycles. The minimum Gasteiger partial charge on any atom is -0.328 e. The molecule has 1 amide bonds. The Morgan fingerprint density at radius 1 is 1.07 bits per heavy atom. The highest BCUT2D eigenvalue weighted by Crippen LogP contribution is 2.19. The van der Waals surface area contributed by atoms with E-state index in [9.17, 15) is 13.2 Å². The SMILES string of the molecule is CCN(CC)S(=O)(=O)c1ccc(NC(=O)c2nc(-c3ccncc3)no2)cc1. The fraction of sp³-hybridized carbons (Fsp3) is 0.222. The van der Waals surface area contributed by atoms with Crippen LogP contribution < -0.4 is 5.32 Å². The molecule has 0 saturated carbocycles. The van der Waals surface area contributed by atoms with Gasteiger partial charge in [0.05, 0.1) is 4.90 Å². The van der Waals surface area contributed by atoms with Crippen molar-refractivity contribution in [3.63, 3.8) is 0 Å². The molecule has 2 heterocycles. The highest BCUT2D eigenvalue weighted by molar-refractivity contribution is 7.89. The molecule has 1 N–H and O–H groups in total. The molecular weight excluding hydrogens is 382 g/mol. The minimum absolute atomic E-state index is 0.159. The van der Waals surface area contributed by atoms with Gasteiger partial charge in [-0.1, -0.05) is 19.0 Å². The van der Waals surface area contributed by atoms with E-state index in [0.717, 1.165) is 0 Å².